The molecule has 0 aromatic carbocycles. The first-order valence-corrected chi connectivity index (χ1v) is 3.77. The molecule has 0 aliphatic heterocycles. The zero-order chi connectivity index (χ0) is 14.3. The Kier molecular flexibility index (Phi) is 4.06. The highest BCUT2D eigenvalue weighted by Gasteiger charge is 2.66. The van der Waals surface area contributed by atoms with E-state index in [4.69, 9.17) is 20.4 Å². The highest BCUT2D eigenvalue weighted by molar-refractivity contribution is 4.92. The molecule has 0 saturated heterocycles. The Balaban J connectivity index is 5.14. The number of hydrogen-bond acceptors (Lipinski definition) is 4. The lowest BCUT2D eigenvalue weighted by Gasteiger charge is -2.35. The summed E-state index contributed by atoms with van der Waals surface area (Å²) in [6.07, 6.45) is -13.5. The van der Waals surface area contributed by atoms with Crippen LogP contribution in [-0.4, -0.2) is 50.5 Å². The summed E-state index contributed by atoms with van der Waals surface area (Å²) in [5, 5.41) is 33.4. The molecule has 0 amide bonds. The molecule has 17 heavy (non-hydrogen) atoms. The van der Waals surface area contributed by atoms with Crippen molar-refractivity contribution >= 4 is 0 Å². The third-order valence-electron chi connectivity index (χ3n) is 1.75. The van der Waals surface area contributed by atoms with E-state index in [0.717, 1.165) is 0 Å². The summed E-state index contributed by atoms with van der Waals surface area (Å²) in [6.45, 7) is 0. The normalized spacial score (nSPS) is 15.5. The van der Waals surface area contributed by atoms with Crippen molar-refractivity contribution in [3.8, 4) is 0 Å². The van der Waals surface area contributed by atoms with Gasteiger partial charge in [0.15, 0.2) is 0 Å². The first kappa shape index (κ1) is 16.4. The molecular formula is C6H7F7O4. The standard InChI is InChI=1S/C6H7F7O4/c7-2(8)5(9,10)3(14,15)1-4(16,17)6(11,12)13/h2,14-17H,1H2. The molecule has 0 aliphatic rings. The molecule has 0 fully saturated rings. The van der Waals surface area contributed by atoms with Gasteiger partial charge < -0.3 is 20.4 Å². The first-order valence-electron chi connectivity index (χ1n) is 3.77. The van der Waals surface area contributed by atoms with E-state index in [9.17, 15) is 30.7 Å². The lowest BCUT2D eigenvalue weighted by molar-refractivity contribution is -0.406. The Morgan fingerprint density at radius 2 is 1.12 bits per heavy atom. The van der Waals surface area contributed by atoms with E-state index in [1.807, 2.05) is 0 Å². The molecule has 4 N–H and O–H groups in total. The highest BCUT2D eigenvalue weighted by atomic mass is 19.4. The number of alkyl halides is 7. The van der Waals surface area contributed by atoms with Crippen molar-refractivity contribution in [3.05, 3.63) is 0 Å². The first-order chi connectivity index (χ1) is 7.15. The molecule has 0 aromatic rings. The molecule has 0 unspecified atom stereocenters. The molecule has 0 spiro atoms. The fourth-order valence-corrected chi connectivity index (χ4v) is 0.737. The minimum Gasteiger partial charge on any atom is -0.361 e. The number of aliphatic hydroxyl groups is 4. The van der Waals surface area contributed by atoms with Crippen molar-refractivity contribution in [2.75, 3.05) is 0 Å². The molecule has 0 saturated carbocycles. The van der Waals surface area contributed by atoms with Crippen LogP contribution < -0.4 is 0 Å². The molecule has 0 radical (unpaired) electrons. The van der Waals surface area contributed by atoms with Crippen LogP contribution in [0, 0.1) is 0 Å². The van der Waals surface area contributed by atoms with Crippen LogP contribution in [0.5, 0.6) is 0 Å². The van der Waals surface area contributed by atoms with Crippen molar-refractivity contribution in [2.24, 2.45) is 0 Å². The van der Waals surface area contributed by atoms with Crippen molar-refractivity contribution < 1.29 is 51.2 Å². The Bertz CT molecular complexity index is 272. The topological polar surface area (TPSA) is 80.9 Å². The van der Waals surface area contributed by atoms with E-state index in [0.29, 0.717) is 0 Å². The molecule has 0 aromatic heterocycles. The zero-order valence-corrected chi connectivity index (χ0v) is 7.72. The summed E-state index contributed by atoms with van der Waals surface area (Å²) in [4.78, 5) is 0. The van der Waals surface area contributed by atoms with Crippen LogP contribution in [0.25, 0.3) is 0 Å². The maximum atomic E-state index is 12.4. The van der Waals surface area contributed by atoms with Gasteiger partial charge in [-0.3, -0.25) is 0 Å². The molecule has 0 bridgehead atoms. The second-order valence-corrected chi connectivity index (χ2v) is 3.23. The SMILES string of the molecule is OC(O)(CC(O)(O)C(F)(F)C(F)F)C(F)(F)F. The monoisotopic (exact) mass is 276 g/mol. The summed E-state index contributed by atoms with van der Waals surface area (Å²) in [7, 11) is 0. The van der Waals surface area contributed by atoms with Gasteiger partial charge in [-0.15, -0.1) is 0 Å². The van der Waals surface area contributed by atoms with Crippen LogP contribution in [0.2, 0.25) is 0 Å². The predicted molar refractivity (Wildman–Crippen MR) is 36.0 cm³/mol. The third-order valence-corrected chi connectivity index (χ3v) is 1.75. The molecule has 11 heteroatoms. The lowest BCUT2D eigenvalue weighted by atomic mass is 9.99. The van der Waals surface area contributed by atoms with Gasteiger partial charge in [-0.05, 0) is 0 Å². The quantitative estimate of drug-likeness (QED) is 0.437. The van der Waals surface area contributed by atoms with E-state index in [-0.39, 0.29) is 0 Å². The average Bonchev–Trinajstić information content (AvgIpc) is 1.98. The molecule has 0 heterocycles. The second kappa shape index (κ2) is 4.23. The molecule has 0 aliphatic carbocycles. The molecule has 0 atom stereocenters. The van der Waals surface area contributed by atoms with Crippen LogP contribution in [-0.2, 0) is 0 Å². The van der Waals surface area contributed by atoms with Gasteiger partial charge in [0.1, 0.15) is 0 Å². The second-order valence-electron chi connectivity index (χ2n) is 3.23. The Morgan fingerprint density at radius 1 is 0.765 bits per heavy atom. The summed E-state index contributed by atoms with van der Waals surface area (Å²) < 4.78 is 83.5. The van der Waals surface area contributed by atoms with E-state index in [1.165, 1.54) is 0 Å². The van der Waals surface area contributed by atoms with Gasteiger partial charge in [-0.2, -0.15) is 22.0 Å². The van der Waals surface area contributed by atoms with Gasteiger partial charge in [-0.25, -0.2) is 8.78 Å². The van der Waals surface area contributed by atoms with Crippen molar-refractivity contribution in [1.29, 1.82) is 0 Å². The van der Waals surface area contributed by atoms with Crippen molar-refractivity contribution in [2.45, 2.75) is 36.5 Å². The lowest BCUT2D eigenvalue weighted by Crippen LogP contribution is -2.60. The fourth-order valence-electron chi connectivity index (χ4n) is 0.737. The van der Waals surface area contributed by atoms with E-state index >= 15 is 0 Å². The number of rotatable bonds is 4. The maximum absolute atomic E-state index is 12.4. The minimum atomic E-state index is -5.93. The maximum Gasteiger partial charge on any atom is 0.443 e. The van der Waals surface area contributed by atoms with Gasteiger partial charge in [-0.1, -0.05) is 0 Å². The summed E-state index contributed by atoms with van der Waals surface area (Å²) in [5.41, 5.74) is 0. The van der Waals surface area contributed by atoms with E-state index < -0.39 is 36.5 Å². The number of halogens is 7. The summed E-state index contributed by atoms with van der Waals surface area (Å²) >= 11 is 0. The van der Waals surface area contributed by atoms with Gasteiger partial charge in [0.05, 0.1) is 6.42 Å². The van der Waals surface area contributed by atoms with Crippen LogP contribution in [0.1, 0.15) is 6.42 Å². The van der Waals surface area contributed by atoms with Gasteiger partial charge >= 0.3 is 18.5 Å². The predicted octanol–water partition coefficient (Wildman–Crippen LogP) is 0.201. The van der Waals surface area contributed by atoms with Crippen molar-refractivity contribution in [3.63, 3.8) is 0 Å². The van der Waals surface area contributed by atoms with Crippen LogP contribution in [0.4, 0.5) is 30.7 Å². The highest BCUT2D eigenvalue weighted by Crippen LogP contribution is 2.41. The smallest absolute Gasteiger partial charge is 0.361 e. The summed E-state index contributed by atoms with van der Waals surface area (Å²) in [5.74, 6) is -15.6. The Labute approximate surface area is 88.9 Å². The fraction of sp³-hybridized carbons (Fsp3) is 1.00. The van der Waals surface area contributed by atoms with Crippen molar-refractivity contribution in [1.82, 2.24) is 0 Å². The minimum absolute atomic E-state index is 2.86. The number of hydrogen-bond donors (Lipinski definition) is 4. The Hall–Kier alpha value is -0.650. The molecular weight excluding hydrogens is 269 g/mol. The van der Waals surface area contributed by atoms with Gasteiger partial charge in [0, 0.05) is 0 Å². The Morgan fingerprint density at radius 3 is 1.35 bits per heavy atom. The molecule has 104 valence electrons. The van der Waals surface area contributed by atoms with E-state index in [1.54, 1.807) is 0 Å². The zero-order valence-electron chi connectivity index (χ0n) is 7.72. The van der Waals surface area contributed by atoms with Gasteiger partial charge in [0.25, 0.3) is 5.79 Å². The van der Waals surface area contributed by atoms with Crippen LogP contribution in [0.3, 0.4) is 0 Å². The van der Waals surface area contributed by atoms with Crippen LogP contribution in [0.15, 0.2) is 0 Å². The molecule has 0 rings (SSSR count). The largest absolute Gasteiger partial charge is 0.443 e. The summed E-state index contributed by atoms with van der Waals surface area (Å²) in [6, 6.07) is 0. The van der Waals surface area contributed by atoms with Crippen LogP contribution >= 0.6 is 0 Å². The van der Waals surface area contributed by atoms with E-state index in [2.05, 4.69) is 0 Å². The average molecular weight is 276 g/mol. The molecule has 4 nitrogen and oxygen atoms in total. The third kappa shape index (κ3) is 3.18. The van der Waals surface area contributed by atoms with Gasteiger partial charge in [0.2, 0.25) is 5.79 Å².